The molecular formula is C19H22N2O2. The Morgan fingerprint density at radius 1 is 1.17 bits per heavy atom. The van der Waals surface area contributed by atoms with E-state index in [1.807, 2.05) is 18.2 Å². The summed E-state index contributed by atoms with van der Waals surface area (Å²) >= 11 is 0. The molecule has 0 aromatic heterocycles. The van der Waals surface area contributed by atoms with Gasteiger partial charge in [0.25, 0.3) is 5.91 Å². The van der Waals surface area contributed by atoms with Crippen molar-refractivity contribution in [1.82, 2.24) is 5.32 Å². The fourth-order valence-electron chi connectivity index (χ4n) is 2.95. The highest BCUT2D eigenvalue weighted by atomic mass is 16.5. The van der Waals surface area contributed by atoms with Gasteiger partial charge in [0.05, 0.1) is 7.11 Å². The number of para-hydroxylation sites is 1. The van der Waals surface area contributed by atoms with Crippen molar-refractivity contribution in [2.75, 3.05) is 31.6 Å². The quantitative estimate of drug-likeness (QED) is 0.923. The van der Waals surface area contributed by atoms with Crippen molar-refractivity contribution in [2.24, 2.45) is 5.92 Å². The summed E-state index contributed by atoms with van der Waals surface area (Å²) in [6, 6.07) is 17.6. The van der Waals surface area contributed by atoms with E-state index in [-0.39, 0.29) is 5.91 Å². The highest BCUT2D eigenvalue weighted by molar-refractivity contribution is 5.94. The maximum atomic E-state index is 12.2. The Morgan fingerprint density at radius 3 is 2.61 bits per heavy atom. The lowest BCUT2D eigenvalue weighted by Gasteiger charge is -2.18. The van der Waals surface area contributed by atoms with Crippen LogP contribution in [0.4, 0.5) is 5.69 Å². The molecule has 1 atom stereocenters. The lowest BCUT2D eigenvalue weighted by Crippen LogP contribution is -2.31. The average molecular weight is 310 g/mol. The van der Waals surface area contributed by atoms with Crippen molar-refractivity contribution in [3.63, 3.8) is 0 Å². The smallest absolute Gasteiger partial charge is 0.251 e. The van der Waals surface area contributed by atoms with Gasteiger partial charge < -0.3 is 15.0 Å². The van der Waals surface area contributed by atoms with Crippen LogP contribution in [0.15, 0.2) is 54.6 Å². The van der Waals surface area contributed by atoms with Crippen LogP contribution in [-0.2, 0) is 0 Å². The molecule has 1 saturated heterocycles. The number of carbonyl (C=O) groups is 1. The fraction of sp³-hybridized carbons (Fsp3) is 0.316. The van der Waals surface area contributed by atoms with Crippen molar-refractivity contribution < 1.29 is 9.53 Å². The summed E-state index contributed by atoms with van der Waals surface area (Å²) in [5.41, 5.74) is 1.93. The Balaban J connectivity index is 1.50. The van der Waals surface area contributed by atoms with Gasteiger partial charge in [0.2, 0.25) is 0 Å². The third-order valence-corrected chi connectivity index (χ3v) is 4.31. The Labute approximate surface area is 137 Å². The number of amides is 1. The fourth-order valence-corrected chi connectivity index (χ4v) is 2.95. The van der Waals surface area contributed by atoms with E-state index >= 15 is 0 Å². The van der Waals surface area contributed by atoms with Crippen LogP contribution >= 0.6 is 0 Å². The largest absolute Gasteiger partial charge is 0.497 e. The molecule has 1 amide bonds. The zero-order valence-electron chi connectivity index (χ0n) is 13.4. The summed E-state index contributed by atoms with van der Waals surface area (Å²) in [7, 11) is 1.62. The minimum absolute atomic E-state index is 0.0224. The van der Waals surface area contributed by atoms with E-state index in [9.17, 15) is 4.79 Å². The van der Waals surface area contributed by atoms with E-state index in [0.29, 0.717) is 18.0 Å². The van der Waals surface area contributed by atoms with Gasteiger partial charge in [-0.1, -0.05) is 18.2 Å². The number of ether oxygens (including phenoxy) is 1. The predicted octanol–water partition coefficient (Wildman–Crippen LogP) is 2.95. The molecule has 1 aliphatic rings. The molecule has 0 radical (unpaired) electrons. The van der Waals surface area contributed by atoms with Crippen LogP contribution in [0, 0.1) is 5.92 Å². The minimum atomic E-state index is -0.0224. The predicted molar refractivity (Wildman–Crippen MR) is 92.1 cm³/mol. The first-order valence-electron chi connectivity index (χ1n) is 7.98. The van der Waals surface area contributed by atoms with E-state index in [2.05, 4.69) is 34.5 Å². The van der Waals surface area contributed by atoms with Gasteiger partial charge in [-0.2, -0.15) is 0 Å². The molecule has 0 aliphatic carbocycles. The molecular weight excluding hydrogens is 288 g/mol. The van der Waals surface area contributed by atoms with E-state index in [0.717, 1.165) is 25.3 Å². The summed E-state index contributed by atoms with van der Waals surface area (Å²) < 4.78 is 5.11. The molecule has 2 aromatic rings. The maximum absolute atomic E-state index is 12.2. The molecule has 120 valence electrons. The molecule has 1 unspecified atom stereocenters. The first kappa shape index (κ1) is 15.4. The molecule has 2 aromatic carbocycles. The maximum Gasteiger partial charge on any atom is 0.251 e. The summed E-state index contributed by atoms with van der Waals surface area (Å²) in [5, 5.41) is 3.04. The molecule has 3 rings (SSSR count). The van der Waals surface area contributed by atoms with Crippen LogP contribution in [0.25, 0.3) is 0 Å². The number of rotatable bonds is 5. The Kier molecular flexibility index (Phi) is 4.81. The molecule has 4 nitrogen and oxygen atoms in total. The van der Waals surface area contributed by atoms with Gasteiger partial charge in [0, 0.05) is 30.9 Å². The molecule has 1 heterocycles. The Morgan fingerprint density at radius 2 is 1.91 bits per heavy atom. The second kappa shape index (κ2) is 7.18. The molecule has 0 saturated carbocycles. The van der Waals surface area contributed by atoms with Crippen LogP contribution in [-0.4, -0.2) is 32.7 Å². The first-order valence-corrected chi connectivity index (χ1v) is 7.98. The summed E-state index contributed by atoms with van der Waals surface area (Å²) in [6.07, 6.45) is 1.11. The normalized spacial score (nSPS) is 17.1. The zero-order chi connectivity index (χ0) is 16.1. The third kappa shape index (κ3) is 3.83. The van der Waals surface area contributed by atoms with Crippen molar-refractivity contribution in [3.8, 4) is 5.75 Å². The number of hydrogen-bond donors (Lipinski definition) is 1. The molecule has 1 N–H and O–H groups in total. The number of nitrogens with zero attached hydrogens (tertiary/aromatic N) is 1. The second-order valence-corrected chi connectivity index (χ2v) is 5.87. The minimum Gasteiger partial charge on any atom is -0.497 e. The van der Waals surface area contributed by atoms with Gasteiger partial charge in [-0.15, -0.1) is 0 Å². The van der Waals surface area contributed by atoms with Crippen molar-refractivity contribution in [2.45, 2.75) is 6.42 Å². The van der Waals surface area contributed by atoms with Gasteiger partial charge in [-0.25, -0.2) is 0 Å². The molecule has 4 heteroatoms. The van der Waals surface area contributed by atoms with Crippen LogP contribution in [0.1, 0.15) is 16.8 Å². The van der Waals surface area contributed by atoms with Crippen molar-refractivity contribution in [3.05, 3.63) is 60.2 Å². The lowest BCUT2D eigenvalue weighted by molar-refractivity contribution is 0.0948. The van der Waals surface area contributed by atoms with E-state index < -0.39 is 0 Å². The van der Waals surface area contributed by atoms with Crippen LogP contribution in [0.3, 0.4) is 0 Å². The highest BCUT2D eigenvalue weighted by Crippen LogP contribution is 2.23. The third-order valence-electron chi connectivity index (χ3n) is 4.31. The molecule has 23 heavy (non-hydrogen) atoms. The summed E-state index contributed by atoms with van der Waals surface area (Å²) in [6.45, 7) is 2.76. The van der Waals surface area contributed by atoms with Gasteiger partial charge in [0.1, 0.15) is 5.75 Å². The number of methoxy groups -OCH3 is 1. The highest BCUT2D eigenvalue weighted by Gasteiger charge is 2.23. The van der Waals surface area contributed by atoms with E-state index in [1.54, 1.807) is 19.2 Å². The van der Waals surface area contributed by atoms with E-state index in [1.165, 1.54) is 5.69 Å². The van der Waals surface area contributed by atoms with Gasteiger partial charge in [-0.05, 0) is 48.7 Å². The molecule has 0 bridgehead atoms. The standard InChI is InChI=1S/C19H22N2O2/c1-23-18-9-7-16(8-10-18)19(22)20-13-15-11-12-21(14-15)17-5-3-2-4-6-17/h2-10,15H,11-14H2,1H3,(H,20,22). The topological polar surface area (TPSA) is 41.6 Å². The van der Waals surface area contributed by atoms with Gasteiger partial charge in [-0.3, -0.25) is 4.79 Å². The van der Waals surface area contributed by atoms with Gasteiger partial charge >= 0.3 is 0 Å². The monoisotopic (exact) mass is 310 g/mol. The van der Waals surface area contributed by atoms with Crippen molar-refractivity contribution >= 4 is 11.6 Å². The Bertz CT molecular complexity index is 640. The number of carbonyl (C=O) groups excluding carboxylic acids is 1. The number of hydrogen-bond acceptors (Lipinski definition) is 3. The summed E-state index contributed by atoms with van der Waals surface area (Å²) in [5.74, 6) is 1.24. The summed E-state index contributed by atoms with van der Waals surface area (Å²) in [4.78, 5) is 14.6. The zero-order valence-corrected chi connectivity index (χ0v) is 13.4. The lowest BCUT2D eigenvalue weighted by atomic mass is 10.1. The number of nitrogens with one attached hydrogen (secondary N) is 1. The van der Waals surface area contributed by atoms with Gasteiger partial charge in [0.15, 0.2) is 0 Å². The average Bonchev–Trinajstić information content (AvgIpc) is 3.09. The van der Waals surface area contributed by atoms with Crippen LogP contribution in [0.5, 0.6) is 5.75 Å². The number of anilines is 1. The second-order valence-electron chi connectivity index (χ2n) is 5.87. The molecule has 1 fully saturated rings. The first-order chi connectivity index (χ1) is 11.3. The SMILES string of the molecule is COc1ccc(C(=O)NCC2CCN(c3ccccc3)C2)cc1. The molecule has 1 aliphatic heterocycles. The number of benzene rings is 2. The van der Waals surface area contributed by atoms with Crippen LogP contribution in [0.2, 0.25) is 0 Å². The van der Waals surface area contributed by atoms with Crippen molar-refractivity contribution in [1.29, 1.82) is 0 Å². The van der Waals surface area contributed by atoms with E-state index in [4.69, 9.17) is 4.74 Å². The molecule has 0 spiro atoms. The Hall–Kier alpha value is -2.49. The van der Waals surface area contributed by atoms with Crippen LogP contribution < -0.4 is 15.0 Å².